The summed E-state index contributed by atoms with van der Waals surface area (Å²) in [6.07, 6.45) is 0. The topological polar surface area (TPSA) is 40.5 Å². The van der Waals surface area contributed by atoms with E-state index in [0.29, 0.717) is 0 Å². The van der Waals surface area contributed by atoms with E-state index in [1.807, 2.05) is 39.8 Å². The highest BCUT2D eigenvalue weighted by Crippen LogP contribution is 2.41. The third-order valence-corrected chi connectivity index (χ3v) is 3.68. The van der Waals surface area contributed by atoms with Crippen molar-refractivity contribution in [3.8, 4) is 22.6 Å². The van der Waals surface area contributed by atoms with Crippen molar-refractivity contribution < 1.29 is 10.2 Å². The fourth-order valence-corrected chi connectivity index (χ4v) is 2.23. The summed E-state index contributed by atoms with van der Waals surface area (Å²) in [6.45, 7) is 7.93. The highest BCUT2D eigenvalue weighted by atomic mass is 16.3. The van der Waals surface area contributed by atoms with Gasteiger partial charge < -0.3 is 10.2 Å². The van der Waals surface area contributed by atoms with E-state index in [1.165, 1.54) is 0 Å². The molecule has 0 aliphatic rings. The minimum absolute atomic E-state index is 0.210. The van der Waals surface area contributed by atoms with E-state index in [-0.39, 0.29) is 11.5 Å². The number of aromatic hydroxyl groups is 2. The van der Waals surface area contributed by atoms with Gasteiger partial charge in [0.15, 0.2) is 0 Å². The van der Waals surface area contributed by atoms with E-state index in [2.05, 4.69) is 0 Å². The van der Waals surface area contributed by atoms with Gasteiger partial charge in [-0.1, -0.05) is 12.1 Å². The SMILES string of the molecule is Cc1ccc(O)c(-c2c(O)ccc(C)c2C)c1C. The molecule has 0 saturated heterocycles. The van der Waals surface area contributed by atoms with Gasteiger partial charge in [-0.3, -0.25) is 0 Å². The zero-order valence-electron chi connectivity index (χ0n) is 11.2. The van der Waals surface area contributed by atoms with Crippen molar-refractivity contribution >= 4 is 0 Å². The second-order valence-electron chi connectivity index (χ2n) is 4.80. The molecule has 0 radical (unpaired) electrons. The monoisotopic (exact) mass is 242 g/mol. The van der Waals surface area contributed by atoms with Gasteiger partial charge in [-0.05, 0) is 62.1 Å². The van der Waals surface area contributed by atoms with Crippen LogP contribution in [-0.2, 0) is 0 Å². The summed E-state index contributed by atoms with van der Waals surface area (Å²) in [6, 6.07) is 7.13. The number of phenolic OH excluding ortho intramolecular Hbond substituents is 2. The van der Waals surface area contributed by atoms with Gasteiger partial charge in [0, 0.05) is 11.1 Å². The third-order valence-electron chi connectivity index (χ3n) is 3.68. The van der Waals surface area contributed by atoms with Crippen LogP contribution in [0.2, 0.25) is 0 Å². The maximum Gasteiger partial charge on any atom is 0.123 e. The molecule has 2 nitrogen and oxygen atoms in total. The molecular weight excluding hydrogens is 224 g/mol. The van der Waals surface area contributed by atoms with Crippen molar-refractivity contribution in [1.29, 1.82) is 0 Å². The zero-order valence-corrected chi connectivity index (χ0v) is 11.2. The largest absolute Gasteiger partial charge is 0.507 e. The first-order valence-electron chi connectivity index (χ1n) is 6.02. The number of hydrogen-bond donors (Lipinski definition) is 2. The van der Waals surface area contributed by atoms with E-state index < -0.39 is 0 Å². The van der Waals surface area contributed by atoms with Crippen LogP contribution in [0.4, 0.5) is 0 Å². The molecule has 0 aliphatic carbocycles. The lowest BCUT2D eigenvalue weighted by Crippen LogP contribution is -1.93. The first kappa shape index (κ1) is 12.5. The van der Waals surface area contributed by atoms with Gasteiger partial charge in [0.05, 0.1) is 0 Å². The Balaban J connectivity index is 2.85. The molecule has 94 valence electrons. The molecule has 0 spiro atoms. The van der Waals surface area contributed by atoms with Crippen LogP contribution >= 0.6 is 0 Å². The van der Waals surface area contributed by atoms with Gasteiger partial charge in [-0.25, -0.2) is 0 Å². The van der Waals surface area contributed by atoms with Gasteiger partial charge in [0.25, 0.3) is 0 Å². The minimum Gasteiger partial charge on any atom is -0.507 e. The quantitative estimate of drug-likeness (QED) is 0.793. The maximum atomic E-state index is 10.1. The highest BCUT2D eigenvalue weighted by Gasteiger charge is 2.16. The second-order valence-corrected chi connectivity index (χ2v) is 4.80. The molecule has 18 heavy (non-hydrogen) atoms. The smallest absolute Gasteiger partial charge is 0.123 e. The molecule has 0 aliphatic heterocycles. The molecule has 2 N–H and O–H groups in total. The molecule has 0 fully saturated rings. The number of benzene rings is 2. The average Bonchev–Trinajstić information content (AvgIpc) is 2.33. The summed E-state index contributed by atoms with van der Waals surface area (Å²) in [5, 5.41) is 20.2. The molecular formula is C16H18O2. The summed E-state index contributed by atoms with van der Waals surface area (Å²) >= 11 is 0. The molecule has 2 rings (SSSR count). The van der Waals surface area contributed by atoms with Crippen LogP contribution in [0.3, 0.4) is 0 Å². The van der Waals surface area contributed by atoms with Crippen LogP contribution in [0.1, 0.15) is 22.3 Å². The molecule has 0 saturated carbocycles. The summed E-state index contributed by atoms with van der Waals surface area (Å²) in [5.41, 5.74) is 5.66. The Bertz CT molecular complexity index is 557. The predicted octanol–water partition coefficient (Wildman–Crippen LogP) is 4.00. The van der Waals surface area contributed by atoms with Gasteiger partial charge in [-0.2, -0.15) is 0 Å². The van der Waals surface area contributed by atoms with E-state index in [9.17, 15) is 10.2 Å². The van der Waals surface area contributed by atoms with Crippen molar-refractivity contribution in [2.75, 3.05) is 0 Å². The predicted molar refractivity (Wildman–Crippen MR) is 74.2 cm³/mol. The standard InChI is InChI=1S/C16H18O2/c1-9-5-7-13(17)15(11(9)3)16-12(4)10(2)6-8-14(16)18/h5-8,17-18H,1-4H3. The molecule has 0 amide bonds. The van der Waals surface area contributed by atoms with Crippen LogP contribution in [0.5, 0.6) is 11.5 Å². The van der Waals surface area contributed by atoms with Crippen LogP contribution < -0.4 is 0 Å². The highest BCUT2D eigenvalue weighted by molar-refractivity contribution is 5.82. The van der Waals surface area contributed by atoms with E-state index in [1.54, 1.807) is 12.1 Å². The molecule has 0 unspecified atom stereocenters. The van der Waals surface area contributed by atoms with Crippen molar-refractivity contribution in [2.45, 2.75) is 27.7 Å². The lowest BCUT2D eigenvalue weighted by molar-refractivity contribution is 0.468. The van der Waals surface area contributed by atoms with Gasteiger partial charge >= 0.3 is 0 Å². The van der Waals surface area contributed by atoms with Crippen LogP contribution in [-0.4, -0.2) is 10.2 Å². The second kappa shape index (κ2) is 4.37. The van der Waals surface area contributed by atoms with E-state index >= 15 is 0 Å². The fourth-order valence-electron chi connectivity index (χ4n) is 2.23. The molecule has 0 aromatic heterocycles. The average molecular weight is 242 g/mol. The molecule has 0 heterocycles. The van der Waals surface area contributed by atoms with Crippen LogP contribution in [0.25, 0.3) is 11.1 Å². The minimum atomic E-state index is 0.210. The number of hydrogen-bond acceptors (Lipinski definition) is 2. The lowest BCUT2D eigenvalue weighted by atomic mass is 9.90. The van der Waals surface area contributed by atoms with Crippen molar-refractivity contribution in [2.24, 2.45) is 0 Å². The molecule has 0 bridgehead atoms. The van der Waals surface area contributed by atoms with E-state index in [0.717, 1.165) is 33.4 Å². The zero-order chi connectivity index (χ0) is 13.4. The molecule has 2 aromatic carbocycles. The number of phenols is 2. The van der Waals surface area contributed by atoms with Crippen molar-refractivity contribution in [3.05, 3.63) is 46.5 Å². The Hall–Kier alpha value is -1.96. The first-order chi connectivity index (χ1) is 8.43. The van der Waals surface area contributed by atoms with Crippen molar-refractivity contribution in [1.82, 2.24) is 0 Å². The molecule has 0 atom stereocenters. The van der Waals surface area contributed by atoms with Crippen LogP contribution in [0.15, 0.2) is 24.3 Å². The third kappa shape index (κ3) is 1.84. The Morgan fingerprint density at radius 1 is 0.611 bits per heavy atom. The van der Waals surface area contributed by atoms with Gasteiger partial charge in [0.1, 0.15) is 11.5 Å². The number of aryl methyl sites for hydroxylation is 2. The Morgan fingerprint density at radius 2 is 0.944 bits per heavy atom. The first-order valence-corrected chi connectivity index (χ1v) is 6.02. The maximum absolute atomic E-state index is 10.1. The molecule has 2 heteroatoms. The van der Waals surface area contributed by atoms with Crippen molar-refractivity contribution in [3.63, 3.8) is 0 Å². The van der Waals surface area contributed by atoms with E-state index in [4.69, 9.17) is 0 Å². The van der Waals surface area contributed by atoms with Gasteiger partial charge in [-0.15, -0.1) is 0 Å². The summed E-state index contributed by atoms with van der Waals surface area (Å²) in [4.78, 5) is 0. The summed E-state index contributed by atoms with van der Waals surface area (Å²) in [7, 11) is 0. The lowest BCUT2D eigenvalue weighted by Gasteiger charge is -2.16. The van der Waals surface area contributed by atoms with Crippen LogP contribution in [0, 0.1) is 27.7 Å². The fraction of sp³-hybridized carbons (Fsp3) is 0.250. The molecule has 2 aromatic rings. The number of rotatable bonds is 1. The summed E-state index contributed by atoms with van der Waals surface area (Å²) < 4.78 is 0. The van der Waals surface area contributed by atoms with Gasteiger partial charge in [0.2, 0.25) is 0 Å². The Kier molecular flexibility index (Phi) is 3.04. The summed E-state index contributed by atoms with van der Waals surface area (Å²) in [5.74, 6) is 0.421. The normalized spacial score (nSPS) is 10.7. The Labute approximate surface area is 108 Å². The Morgan fingerprint density at radius 3 is 1.28 bits per heavy atom.